The normalized spacial score (nSPS) is 11.0. The molecule has 2 N–H and O–H groups in total. The first-order chi connectivity index (χ1) is 13.8. The van der Waals surface area contributed by atoms with Gasteiger partial charge < -0.3 is 10.1 Å². The first kappa shape index (κ1) is 21.1. The molecule has 3 rings (SSSR count). The molecule has 3 aromatic rings. The summed E-state index contributed by atoms with van der Waals surface area (Å²) in [7, 11) is -2.21. The summed E-state index contributed by atoms with van der Waals surface area (Å²) < 4.78 is 33.5. The van der Waals surface area contributed by atoms with Crippen molar-refractivity contribution < 1.29 is 17.9 Å². The molecule has 150 valence electrons. The van der Waals surface area contributed by atoms with E-state index in [1.807, 2.05) is 19.1 Å². The van der Waals surface area contributed by atoms with Gasteiger partial charge in [-0.3, -0.25) is 9.52 Å². The topological polar surface area (TPSA) is 84.5 Å². The Bertz CT molecular complexity index is 1130. The van der Waals surface area contributed by atoms with Gasteiger partial charge in [0.1, 0.15) is 5.75 Å². The van der Waals surface area contributed by atoms with Crippen LogP contribution in [0.3, 0.4) is 0 Å². The van der Waals surface area contributed by atoms with Gasteiger partial charge in [0.15, 0.2) is 0 Å². The van der Waals surface area contributed by atoms with Crippen molar-refractivity contribution >= 4 is 49.9 Å². The molecule has 0 atom stereocenters. The predicted molar refractivity (Wildman–Crippen MR) is 122 cm³/mol. The Labute approximate surface area is 183 Å². The summed E-state index contributed by atoms with van der Waals surface area (Å²) in [5.41, 5.74) is 2.57. The van der Waals surface area contributed by atoms with Crippen LogP contribution in [0.1, 0.15) is 15.9 Å². The highest BCUT2D eigenvalue weighted by Gasteiger charge is 2.15. The van der Waals surface area contributed by atoms with Gasteiger partial charge in [-0.25, -0.2) is 8.42 Å². The van der Waals surface area contributed by atoms with Crippen LogP contribution >= 0.6 is 22.6 Å². The third kappa shape index (κ3) is 5.27. The molecular formula is C21H19IN2O4S. The summed E-state index contributed by atoms with van der Waals surface area (Å²) in [4.78, 5) is 12.6. The van der Waals surface area contributed by atoms with E-state index in [-0.39, 0.29) is 10.8 Å². The predicted octanol–water partition coefficient (Wildman–Crippen LogP) is 4.66. The Hall–Kier alpha value is -2.59. The zero-order chi connectivity index (χ0) is 21.0. The molecule has 8 heteroatoms. The number of sulfonamides is 1. The minimum Gasteiger partial charge on any atom is -0.497 e. The molecule has 3 aromatic carbocycles. The maximum Gasteiger partial charge on any atom is 0.261 e. The minimum atomic E-state index is -3.75. The SMILES string of the molecule is COc1ccc(NS(=O)(=O)c2ccc(NC(=O)c3ccc(C)cc3I)cc2)cc1. The number of amides is 1. The molecule has 0 fully saturated rings. The maximum absolute atomic E-state index is 12.6. The third-order valence-corrected chi connectivity index (χ3v) is 6.42. The van der Waals surface area contributed by atoms with E-state index < -0.39 is 10.0 Å². The monoisotopic (exact) mass is 522 g/mol. The van der Waals surface area contributed by atoms with Crippen LogP contribution in [0.15, 0.2) is 71.6 Å². The molecule has 0 aliphatic carbocycles. The van der Waals surface area contributed by atoms with Gasteiger partial charge in [-0.15, -0.1) is 0 Å². The van der Waals surface area contributed by atoms with Crippen molar-refractivity contribution in [2.24, 2.45) is 0 Å². The zero-order valence-corrected chi connectivity index (χ0v) is 18.7. The van der Waals surface area contributed by atoms with Crippen molar-refractivity contribution in [3.8, 4) is 5.75 Å². The summed E-state index contributed by atoms with van der Waals surface area (Å²) >= 11 is 2.12. The van der Waals surface area contributed by atoms with Crippen LogP contribution in [-0.4, -0.2) is 21.4 Å². The van der Waals surface area contributed by atoms with Crippen molar-refractivity contribution in [3.05, 3.63) is 81.4 Å². The number of carbonyl (C=O) groups is 1. The molecule has 0 saturated heterocycles. The molecule has 0 bridgehead atoms. The molecule has 0 saturated carbocycles. The smallest absolute Gasteiger partial charge is 0.261 e. The number of aryl methyl sites for hydroxylation is 1. The Balaban J connectivity index is 1.72. The molecule has 0 aliphatic rings. The fourth-order valence-corrected chi connectivity index (χ4v) is 4.57. The van der Waals surface area contributed by atoms with Crippen LogP contribution in [0, 0.1) is 10.5 Å². The second-order valence-electron chi connectivity index (χ2n) is 6.30. The molecule has 0 spiro atoms. The second kappa shape index (κ2) is 8.83. The Morgan fingerprint density at radius 1 is 0.931 bits per heavy atom. The molecule has 0 aromatic heterocycles. The fraction of sp³-hybridized carbons (Fsp3) is 0.0952. The Morgan fingerprint density at radius 2 is 1.55 bits per heavy atom. The van der Waals surface area contributed by atoms with Crippen LogP contribution in [0.2, 0.25) is 0 Å². The molecule has 0 radical (unpaired) electrons. The highest BCUT2D eigenvalue weighted by molar-refractivity contribution is 14.1. The highest BCUT2D eigenvalue weighted by Crippen LogP contribution is 2.21. The van der Waals surface area contributed by atoms with Crippen molar-refractivity contribution in [3.63, 3.8) is 0 Å². The molecule has 6 nitrogen and oxygen atoms in total. The van der Waals surface area contributed by atoms with Gasteiger partial charge in [0.05, 0.1) is 17.6 Å². The maximum atomic E-state index is 12.6. The summed E-state index contributed by atoms with van der Waals surface area (Å²) in [5, 5.41) is 2.79. The molecule has 1 amide bonds. The van der Waals surface area contributed by atoms with E-state index in [9.17, 15) is 13.2 Å². The van der Waals surface area contributed by atoms with Crippen molar-refractivity contribution in [1.29, 1.82) is 0 Å². The van der Waals surface area contributed by atoms with Crippen LogP contribution in [-0.2, 0) is 10.0 Å². The van der Waals surface area contributed by atoms with Crippen LogP contribution in [0.4, 0.5) is 11.4 Å². The van der Waals surface area contributed by atoms with Gasteiger partial charge in [-0.1, -0.05) is 11.6 Å². The number of ether oxygens (including phenoxy) is 1. The van der Waals surface area contributed by atoms with E-state index >= 15 is 0 Å². The average Bonchev–Trinajstić information content (AvgIpc) is 2.68. The van der Waals surface area contributed by atoms with E-state index in [1.165, 1.54) is 12.1 Å². The van der Waals surface area contributed by atoms with Gasteiger partial charge in [0.2, 0.25) is 0 Å². The fourth-order valence-electron chi connectivity index (χ4n) is 2.59. The van der Waals surface area contributed by atoms with Crippen LogP contribution < -0.4 is 14.8 Å². The van der Waals surface area contributed by atoms with Crippen molar-refractivity contribution in [2.45, 2.75) is 11.8 Å². The van der Waals surface area contributed by atoms with Crippen LogP contribution in [0.5, 0.6) is 5.75 Å². The largest absolute Gasteiger partial charge is 0.497 e. The number of benzene rings is 3. The lowest BCUT2D eigenvalue weighted by Crippen LogP contribution is -2.15. The third-order valence-electron chi connectivity index (χ3n) is 4.13. The molecule has 0 heterocycles. The zero-order valence-electron chi connectivity index (χ0n) is 15.8. The Morgan fingerprint density at radius 3 is 2.14 bits per heavy atom. The molecule has 0 aliphatic heterocycles. The number of rotatable bonds is 6. The first-order valence-electron chi connectivity index (χ1n) is 8.63. The van der Waals surface area contributed by atoms with E-state index in [0.29, 0.717) is 22.7 Å². The summed E-state index contributed by atoms with van der Waals surface area (Å²) in [5.74, 6) is 0.387. The Kier molecular flexibility index (Phi) is 6.43. The lowest BCUT2D eigenvalue weighted by Gasteiger charge is -2.11. The van der Waals surface area contributed by atoms with Gasteiger partial charge in [-0.05, 0) is 90.2 Å². The molecular weight excluding hydrogens is 503 g/mol. The van der Waals surface area contributed by atoms with E-state index in [0.717, 1.165) is 9.13 Å². The van der Waals surface area contributed by atoms with Gasteiger partial charge in [0.25, 0.3) is 15.9 Å². The highest BCUT2D eigenvalue weighted by atomic mass is 127. The summed E-state index contributed by atoms with van der Waals surface area (Å²) in [6.07, 6.45) is 0. The lowest BCUT2D eigenvalue weighted by atomic mass is 10.1. The van der Waals surface area contributed by atoms with Crippen LogP contribution in [0.25, 0.3) is 0 Å². The standard InChI is InChI=1S/C21H19IN2O4S/c1-14-3-12-19(20(22)13-14)21(25)23-15-6-10-18(11-7-15)29(26,27)24-16-4-8-17(28-2)9-5-16/h3-13,24H,1-2H3,(H,23,25). The summed E-state index contributed by atoms with van der Waals surface area (Å²) in [6.45, 7) is 1.96. The first-order valence-corrected chi connectivity index (χ1v) is 11.2. The van der Waals surface area contributed by atoms with Crippen molar-refractivity contribution in [2.75, 3.05) is 17.1 Å². The number of carbonyl (C=O) groups excluding carboxylic acids is 1. The van der Waals surface area contributed by atoms with Crippen molar-refractivity contribution in [1.82, 2.24) is 0 Å². The number of nitrogens with one attached hydrogen (secondary N) is 2. The van der Waals surface area contributed by atoms with E-state index in [2.05, 4.69) is 32.6 Å². The van der Waals surface area contributed by atoms with Gasteiger partial charge in [0, 0.05) is 14.9 Å². The number of halogens is 1. The number of hydrogen-bond donors (Lipinski definition) is 2. The van der Waals surface area contributed by atoms with E-state index in [4.69, 9.17) is 4.74 Å². The summed E-state index contributed by atoms with van der Waals surface area (Å²) in [6, 6.07) is 18.2. The average molecular weight is 522 g/mol. The number of methoxy groups -OCH3 is 1. The second-order valence-corrected chi connectivity index (χ2v) is 9.14. The number of anilines is 2. The number of hydrogen-bond acceptors (Lipinski definition) is 4. The minimum absolute atomic E-state index is 0.0937. The lowest BCUT2D eigenvalue weighted by molar-refractivity contribution is 0.102. The molecule has 29 heavy (non-hydrogen) atoms. The van der Waals surface area contributed by atoms with Gasteiger partial charge in [-0.2, -0.15) is 0 Å². The van der Waals surface area contributed by atoms with Gasteiger partial charge >= 0.3 is 0 Å². The quantitative estimate of drug-likeness (QED) is 0.462. The molecule has 0 unspecified atom stereocenters. The van der Waals surface area contributed by atoms with E-state index in [1.54, 1.807) is 49.6 Å².